The highest BCUT2D eigenvalue weighted by atomic mass is 16.5. The number of ketones is 1. The number of terminal acetylenes is 1. The summed E-state index contributed by atoms with van der Waals surface area (Å²) in [5, 5.41) is 3.56. The lowest BCUT2D eigenvalue weighted by Crippen LogP contribution is -2.20. The van der Waals surface area contributed by atoms with Crippen LogP contribution in [0.4, 0.5) is 0 Å². The van der Waals surface area contributed by atoms with Crippen LogP contribution in [0, 0.1) is 12.3 Å². The summed E-state index contributed by atoms with van der Waals surface area (Å²) in [6, 6.07) is 3.65. The van der Waals surface area contributed by atoms with Crippen LogP contribution >= 0.6 is 0 Å². The molecule has 0 saturated heterocycles. The minimum atomic E-state index is -0.754. The third-order valence-corrected chi connectivity index (χ3v) is 3.49. The zero-order valence-corrected chi connectivity index (χ0v) is 13.5. The van der Waals surface area contributed by atoms with E-state index in [1.54, 1.807) is 31.5 Å². The molecule has 2 aromatic rings. The van der Waals surface area contributed by atoms with Crippen molar-refractivity contribution in [2.24, 2.45) is 0 Å². The molecule has 7 heteroatoms. The zero-order chi connectivity index (χ0) is 17.8. The normalized spacial score (nSPS) is 15.4. The smallest absolute Gasteiger partial charge is 0.347 e. The first-order valence-corrected chi connectivity index (χ1v) is 7.60. The molecule has 0 radical (unpaired) electrons. The Kier molecular flexibility index (Phi) is 4.53. The van der Waals surface area contributed by atoms with Gasteiger partial charge in [-0.2, -0.15) is 0 Å². The molecule has 3 rings (SSSR count). The van der Waals surface area contributed by atoms with Crippen molar-refractivity contribution in [1.29, 1.82) is 0 Å². The highest BCUT2D eigenvalue weighted by Crippen LogP contribution is 2.28. The van der Waals surface area contributed by atoms with Gasteiger partial charge in [0.1, 0.15) is 5.65 Å². The van der Waals surface area contributed by atoms with Gasteiger partial charge in [0, 0.05) is 23.3 Å². The number of allylic oxidation sites excluding steroid dienone is 1. The molecule has 2 N–H and O–H groups in total. The van der Waals surface area contributed by atoms with Gasteiger partial charge in [-0.3, -0.25) is 4.79 Å². The summed E-state index contributed by atoms with van der Waals surface area (Å²) in [6.45, 7) is 1.91. The molecule has 1 aliphatic rings. The lowest BCUT2D eigenvalue weighted by Gasteiger charge is -2.05. The number of fused-ring (bicyclic) bond motifs is 1. The maximum Gasteiger partial charge on any atom is 0.347 e. The van der Waals surface area contributed by atoms with Crippen LogP contribution in [-0.4, -0.2) is 34.9 Å². The molecular formula is C18H15N3O4. The summed E-state index contributed by atoms with van der Waals surface area (Å²) in [6.07, 6.45) is 10.1. The van der Waals surface area contributed by atoms with Gasteiger partial charge in [0.15, 0.2) is 11.3 Å². The Morgan fingerprint density at radius 1 is 1.56 bits per heavy atom. The van der Waals surface area contributed by atoms with Crippen molar-refractivity contribution < 1.29 is 19.1 Å². The molecule has 0 saturated carbocycles. The standard InChI is InChI=1S/C18H15N3O4/c1-3-7-20-17-14(18(23)24-4-2)15(22)13(25-17)9-11-10-21-16-12(11)6-5-8-19-16/h1,5-6,8-10,20H,4,7H2,2H3,(H,19,21). The molecule has 0 aromatic carbocycles. The number of Topliss-reactive ketones (excluding diaryl/α,β-unsaturated/α-hetero) is 1. The van der Waals surface area contributed by atoms with E-state index in [1.165, 1.54) is 0 Å². The fraction of sp³-hybridized carbons (Fsp3) is 0.167. The maximum absolute atomic E-state index is 12.6. The van der Waals surface area contributed by atoms with E-state index in [9.17, 15) is 9.59 Å². The fourth-order valence-electron chi connectivity index (χ4n) is 2.41. The van der Waals surface area contributed by atoms with Gasteiger partial charge in [0.2, 0.25) is 11.7 Å². The van der Waals surface area contributed by atoms with E-state index in [1.807, 2.05) is 6.07 Å². The largest absolute Gasteiger partial charge is 0.462 e. The minimum absolute atomic E-state index is 0.00520. The van der Waals surface area contributed by atoms with Crippen LogP contribution in [0.15, 0.2) is 41.7 Å². The van der Waals surface area contributed by atoms with Gasteiger partial charge in [-0.15, -0.1) is 6.42 Å². The molecule has 0 spiro atoms. The average Bonchev–Trinajstić information content (AvgIpc) is 3.15. The number of nitrogens with one attached hydrogen (secondary N) is 2. The van der Waals surface area contributed by atoms with Crippen LogP contribution in [-0.2, 0) is 19.1 Å². The van der Waals surface area contributed by atoms with Crippen LogP contribution < -0.4 is 5.32 Å². The van der Waals surface area contributed by atoms with Gasteiger partial charge < -0.3 is 19.8 Å². The SMILES string of the molecule is C#CCNC1=C(C(=O)OCC)C(=O)C(=Cc2c[nH]c3ncccc23)O1. The van der Waals surface area contributed by atoms with Crippen molar-refractivity contribution in [1.82, 2.24) is 15.3 Å². The zero-order valence-electron chi connectivity index (χ0n) is 13.5. The highest BCUT2D eigenvalue weighted by Gasteiger charge is 2.36. The first-order chi connectivity index (χ1) is 12.2. The molecule has 0 aliphatic carbocycles. The van der Waals surface area contributed by atoms with Gasteiger partial charge in [0.25, 0.3) is 0 Å². The van der Waals surface area contributed by atoms with Gasteiger partial charge in [-0.05, 0) is 25.1 Å². The number of hydrogen-bond donors (Lipinski definition) is 2. The maximum atomic E-state index is 12.6. The highest BCUT2D eigenvalue weighted by molar-refractivity contribution is 6.26. The Balaban J connectivity index is 1.96. The van der Waals surface area contributed by atoms with Crippen LogP contribution in [0.2, 0.25) is 0 Å². The van der Waals surface area contributed by atoms with E-state index < -0.39 is 11.8 Å². The summed E-state index contributed by atoms with van der Waals surface area (Å²) in [4.78, 5) is 31.9. The number of aromatic amines is 1. The Bertz CT molecular complexity index is 947. The number of H-pyrrole nitrogens is 1. The number of carbonyl (C=O) groups excluding carboxylic acids is 2. The van der Waals surface area contributed by atoms with Crippen molar-refractivity contribution in [2.75, 3.05) is 13.2 Å². The van der Waals surface area contributed by atoms with E-state index >= 15 is 0 Å². The molecule has 0 fully saturated rings. The van der Waals surface area contributed by atoms with Crippen molar-refractivity contribution in [3.63, 3.8) is 0 Å². The summed E-state index contributed by atoms with van der Waals surface area (Å²) in [7, 11) is 0. The molecule has 25 heavy (non-hydrogen) atoms. The monoisotopic (exact) mass is 337 g/mol. The second kappa shape index (κ2) is 6.93. The van der Waals surface area contributed by atoms with Crippen molar-refractivity contribution in [2.45, 2.75) is 6.92 Å². The number of aromatic nitrogens is 2. The number of hydrogen-bond acceptors (Lipinski definition) is 6. The van der Waals surface area contributed by atoms with Crippen molar-refractivity contribution in [3.05, 3.63) is 47.3 Å². The third-order valence-electron chi connectivity index (χ3n) is 3.49. The van der Waals surface area contributed by atoms with Crippen molar-refractivity contribution in [3.8, 4) is 12.3 Å². The van der Waals surface area contributed by atoms with Gasteiger partial charge in [-0.25, -0.2) is 9.78 Å². The molecule has 0 unspecified atom stereocenters. The quantitative estimate of drug-likeness (QED) is 0.372. The van der Waals surface area contributed by atoms with Crippen molar-refractivity contribution >= 4 is 28.9 Å². The van der Waals surface area contributed by atoms with Gasteiger partial charge >= 0.3 is 5.97 Å². The molecule has 126 valence electrons. The average molecular weight is 337 g/mol. The number of pyridine rings is 1. The number of carbonyl (C=O) groups is 2. The predicted octanol–water partition coefficient (Wildman–Crippen LogP) is 1.50. The number of rotatable bonds is 5. The van der Waals surface area contributed by atoms with E-state index in [-0.39, 0.29) is 30.4 Å². The molecule has 7 nitrogen and oxygen atoms in total. The van der Waals surface area contributed by atoms with E-state index in [0.29, 0.717) is 11.2 Å². The van der Waals surface area contributed by atoms with Gasteiger partial charge in [-0.1, -0.05) is 5.92 Å². The molecule has 0 bridgehead atoms. The summed E-state index contributed by atoms with van der Waals surface area (Å²) >= 11 is 0. The van der Waals surface area contributed by atoms with Crippen LogP contribution in [0.1, 0.15) is 12.5 Å². The Labute approximate surface area is 143 Å². The Morgan fingerprint density at radius 3 is 3.16 bits per heavy atom. The number of esters is 1. The van der Waals surface area contributed by atoms with Gasteiger partial charge in [0.05, 0.1) is 13.2 Å². The number of ether oxygens (including phenoxy) is 2. The van der Waals surface area contributed by atoms with E-state index in [0.717, 1.165) is 5.39 Å². The summed E-state index contributed by atoms with van der Waals surface area (Å²) in [5.41, 5.74) is 1.21. The van der Waals surface area contributed by atoms with E-state index in [2.05, 4.69) is 21.2 Å². The molecule has 1 aliphatic heterocycles. The minimum Gasteiger partial charge on any atom is -0.462 e. The van der Waals surface area contributed by atoms with Crippen LogP contribution in [0.25, 0.3) is 17.1 Å². The lowest BCUT2D eigenvalue weighted by atomic mass is 10.1. The second-order valence-corrected chi connectivity index (χ2v) is 5.07. The predicted molar refractivity (Wildman–Crippen MR) is 90.7 cm³/mol. The summed E-state index contributed by atoms with van der Waals surface area (Å²) < 4.78 is 10.5. The first kappa shape index (κ1) is 16.3. The molecule has 0 atom stereocenters. The third kappa shape index (κ3) is 3.10. The van der Waals surface area contributed by atoms with Crippen LogP contribution in [0.3, 0.4) is 0 Å². The number of nitrogens with zero attached hydrogens (tertiary/aromatic N) is 1. The molecular weight excluding hydrogens is 322 g/mol. The Morgan fingerprint density at radius 2 is 2.40 bits per heavy atom. The fourth-order valence-corrected chi connectivity index (χ4v) is 2.41. The topological polar surface area (TPSA) is 93.3 Å². The molecule has 0 amide bonds. The molecule has 2 aromatic heterocycles. The molecule has 3 heterocycles. The summed E-state index contributed by atoms with van der Waals surface area (Å²) in [5.74, 6) is 1.06. The first-order valence-electron chi connectivity index (χ1n) is 7.60. The van der Waals surface area contributed by atoms with E-state index in [4.69, 9.17) is 15.9 Å². The lowest BCUT2D eigenvalue weighted by molar-refractivity contribution is -0.139. The Hall–Kier alpha value is -3.53. The van der Waals surface area contributed by atoms with Crippen LogP contribution in [0.5, 0.6) is 0 Å². The second-order valence-electron chi connectivity index (χ2n) is 5.07.